The molecule has 0 aromatic carbocycles. The zero-order chi connectivity index (χ0) is 19.6. The van der Waals surface area contributed by atoms with Crippen LogP contribution in [0, 0.1) is 0 Å². The molecule has 1 fully saturated rings. The van der Waals surface area contributed by atoms with Crippen molar-refractivity contribution in [1.82, 2.24) is 15.0 Å². The van der Waals surface area contributed by atoms with Crippen LogP contribution in [-0.2, 0) is 5.92 Å². The van der Waals surface area contributed by atoms with E-state index < -0.39 is 5.92 Å². The molecule has 1 aliphatic heterocycles. The first-order valence-corrected chi connectivity index (χ1v) is 9.19. The van der Waals surface area contributed by atoms with Gasteiger partial charge in [0.25, 0.3) is 5.92 Å². The van der Waals surface area contributed by atoms with Gasteiger partial charge < -0.3 is 9.64 Å². The first kappa shape index (κ1) is 18.3. The Morgan fingerprint density at radius 2 is 1.79 bits per heavy atom. The molecular weight excluding hydrogens is 362 g/mol. The van der Waals surface area contributed by atoms with E-state index in [0.29, 0.717) is 11.6 Å². The van der Waals surface area contributed by atoms with Gasteiger partial charge in [0.1, 0.15) is 11.4 Å². The molecule has 0 N–H and O–H groups in total. The highest BCUT2D eigenvalue weighted by Crippen LogP contribution is 2.38. The zero-order valence-corrected chi connectivity index (χ0v) is 15.5. The van der Waals surface area contributed by atoms with Crippen LogP contribution in [-0.4, -0.2) is 28.0 Å². The fraction of sp³-hybridized carbons (Fsp3) is 0.286. The summed E-state index contributed by atoms with van der Waals surface area (Å²) in [5.74, 6) is -2.26. The maximum Gasteiger partial charge on any atom is 0.286 e. The number of pyridine rings is 3. The predicted octanol–water partition coefficient (Wildman–Crippen LogP) is 5.04. The SMILES string of the molecule is CC(F)(F)c1ccc(Oc2ncccc2-c2cnccc2N2CCCC2)cn1. The molecule has 3 aromatic rings. The molecule has 0 saturated carbocycles. The highest BCUT2D eigenvalue weighted by molar-refractivity contribution is 5.81. The smallest absolute Gasteiger partial charge is 0.286 e. The Kier molecular flexibility index (Phi) is 4.90. The van der Waals surface area contributed by atoms with Crippen molar-refractivity contribution >= 4 is 5.69 Å². The molecule has 0 spiro atoms. The van der Waals surface area contributed by atoms with Crippen LogP contribution < -0.4 is 9.64 Å². The van der Waals surface area contributed by atoms with Crippen LogP contribution in [0.15, 0.2) is 55.1 Å². The standard InChI is InChI=1S/C21H20F2N4O/c1-21(22,23)19-7-6-15(13-26-19)28-20-16(5-4-9-25-20)17-14-24-10-8-18(17)27-11-2-3-12-27/h4-10,13-14H,2-3,11-12H2,1H3. The fourth-order valence-corrected chi connectivity index (χ4v) is 3.32. The van der Waals surface area contributed by atoms with Gasteiger partial charge in [0.15, 0.2) is 0 Å². The average Bonchev–Trinajstić information content (AvgIpc) is 3.23. The molecule has 28 heavy (non-hydrogen) atoms. The Morgan fingerprint density at radius 1 is 0.964 bits per heavy atom. The third-order valence-electron chi connectivity index (χ3n) is 4.71. The number of alkyl halides is 2. The van der Waals surface area contributed by atoms with E-state index in [-0.39, 0.29) is 5.69 Å². The lowest BCUT2D eigenvalue weighted by molar-refractivity contribution is 0.0127. The van der Waals surface area contributed by atoms with Crippen LogP contribution in [0.3, 0.4) is 0 Å². The van der Waals surface area contributed by atoms with Crippen molar-refractivity contribution in [2.45, 2.75) is 25.7 Å². The first-order valence-electron chi connectivity index (χ1n) is 9.19. The van der Waals surface area contributed by atoms with E-state index in [1.54, 1.807) is 18.6 Å². The zero-order valence-electron chi connectivity index (χ0n) is 15.5. The van der Waals surface area contributed by atoms with Gasteiger partial charge in [0.2, 0.25) is 5.88 Å². The Morgan fingerprint density at radius 3 is 2.50 bits per heavy atom. The molecule has 4 heterocycles. The van der Waals surface area contributed by atoms with Crippen molar-refractivity contribution in [1.29, 1.82) is 0 Å². The molecule has 0 unspecified atom stereocenters. The highest BCUT2D eigenvalue weighted by atomic mass is 19.3. The van der Waals surface area contributed by atoms with E-state index in [4.69, 9.17) is 4.74 Å². The number of aromatic nitrogens is 3. The van der Waals surface area contributed by atoms with Gasteiger partial charge in [0, 0.05) is 55.4 Å². The summed E-state index contributed by atoms with van der Waals surface area (Å²) < 4.78 is 32.6. The maximum atomic E-state index is 13.4. The van der Waals surface area contributed by atoms with Crippen molar-refractivity contribution in [3.05, 3.63) is 60.8 Å². The van der Waals surface area contributed by atoms with Gasteiger partial charge in [0.05, 0.1) is 6.20 Å². The lowest BCUT2D eigenvalue weighted by Crippen LogP contribution is -2.18. The maximum absolute atomic E-state index is 13.4. The lowest BCUT2D eigenvalue weighted by atomic mass is 10.1. The summed E-state index contributed by atoms with van der Waals surface area (Å²) in [4.78, 5) is 14.8. The summed E-state index contributed by atoms with van der Waals surface area (Å²) in [6.45, 7) is 2.82. The molecule has 0 bridgehead atoms. The van der Waals surface area contributed by atoms with Gasteiger partial charge >= 0.3 is 0 Å². The minimum Gasteiger partial charge on any atom is -0.437 e. The van der Waals surface area contributed by atoms with Gasteiger partial charge in [-0.25, -0.2) is 4.98 Å². The van der Waals surface area contributed by atoms with Crippen molar-refractivity contribution in [2.24, 2.45) is 0 Å². The van der Waals surface area contributed by atoms with E-state index in [1.807, 2.05) is 18.2 Å². The third kappa shape index (κ3) is 3.78. The van der Waals surface area contributed by atoms with Gasteiger partial charge in [-0.3, -0.25) is 9.97 Å². The Labute approximate surface area is 162 Å². The molecule has 0 radical (unpaired) electrons. The average molecular weight is 382 g/mol. The molecule has 4 rings (SSSR count). The normalized spacial score (nSPS) is 14.3. The largest absolute Gasteiger partial charge is 0.437 e. The van der Waals surface area contributed by atoms with E-state index in [9.17, 15) is 8.78 Å². The van der Waals surface area contributed by atoms with Crippen molar-refractivity contribution < 1.29 is 13.5 Å². The topological polar surface area (TPSA) is 51.1 Å². The number of anilines is 1. The number of rotatable bonds is 5. The molecule has 7 heteroatoms. The second-order valence-corrected chi connectivity index (χ2v) is 6.81. The summed E-state index contributed by atoms with van der Waals surface area (Å²) in [5.41, 5.74) is 2.51. The molecular formula is C21H20F2N4O. The summed E-state index contributed by atoms with van der Waals surface area (Å²) in [6.07, 6.45) is 8.83. The van der Waals surface area contributed by atoms with Crippen LogP contribution in [0.5, 0.6) is 11.6 Å². The molecule has 3 aromatic heterocycles. The third-order valence-corrected chi connectivity index (χ3v) is 4.71. The Bertz CT molecular complexity index is 951. The van der Waals surface area contributed by atoms with Gasteiger partial charge in [-0.2, -0.15) is 8.78 Å². The number of nitrogens with zero attached hydrogens (tertiary/aromatic N) is 4. The van der Waals surface area contributed by atoms with Crippen LogP contribution >= 0.6 is 0 Å². The van der Waals surface area contributed by atoms with Crippen molar-refractivity contribution in [3.63, 3.8) is 0 Å². The van der Waals surface area contributed by atoms with Crippen molar-refractivity contribution in [2.75, 3.05) is 18.0 Å². The molecule has 1 saturated heterocycles. The van der Waals surface area contributed by atoms with Crippen molar-refractivity contribution in [3.8, 4) is 22.8 Å². The van der Waals surface area contributed by atoms with E-state index >= 15 is 0 Å². The fourth-order valence-electron chi connectivity index (χ4n) is 3.32. The number of hydrogen-bond acceptors (Lipinski definition) is 5. The number of halogens is 2. The monoisotopic (exact) mass is 382 g/mol. The molecule has 5 nitrogen and oxygen atoms in total. The lowest BCUT2D eigenvalue weighted by Gasteiger charge is -2.21. The van der Waals surface area contributed by atoms with Crippen LogP contribution in [0.25, 0.3) is 11.1 Å². The van der Waals surface area contributed by atoms with Gasteiger partial charge in [-0.1, -0.05) is 0 Å². The van der Waals surface area contributed by atoms with E-state index in [2.05, 4.69) is 19.9 Å². The predicted molar refractivity (Wildman–Crippen MR) is 103 cm³/mol. The molecule has 0 atom stereocenters. The number of hydrogen-bond donors (Lipinski definition) is 0. The minimum atomic E-state index is -2.99. The molecule has 1 aliphatic rings. The second kappa shape index (κ2) is 7.50. The Balaban J connectivity index is 1.67. The van der Waals surface area contributed by atoms with Crippen LogP contribution in [0.1, 0.15) is 25.5 Å². The van der Waals surface area contributed by atoms with E-state index in [0.717, 1.165) is 49.7 Å². The summed E-state index contributed by atoms with van der Waals surface area (Å²) in [7, 11) is 0. The molecule has 144 valence electrons. The van der Waals surface area contributed by atoms with Crippen LogP contribution in [0.2, 0.25) is 0 Å². The molecule has 0 amide bonds. The quantitative estimate of drug-likeness (QED) is 0.619. The van der Waals surface area contributed by atoms with Gasteiger partial charge in [-0.05, 0) is 43.2 Å². The van der Waals surface area contributed by atoms with E-state index in [1.165, 1.54) is 18.3 Å². The Hall–Kier alpha value is -3.09. The first-order chi connectivity index (χ1) is 13.5. The molecule has 0 aliphatic carbocycles. The number of ether oxygens (including phenoxy) is 1. The highest BCUT2D eigenvalue weighted by Gasteiger charge is 2.26. The van der Waals surface area contributed by atoms with Gasteiger partial charge in [-0.15, -0.1) is 0 Å². The second-order valence-electron chi connectivity index (χ2n) is 6.81. The summed E-state index contributed by atoms with van der Waals surface area (Å²) >= 11 is 0. The summed E-state index contributed by atoms with van der Waals surface area (Å²) in [5, 5.41) is 0. The van der Waals surface area contributed by atoms with Crippen LogP contribution in [0.4, 0.5) is 14.5 Å². The summed E-state index contributed by atoms with van der Waals surface area (Å²) in [6, 6.07) is 8.49. The minimum absolute atomic E-state index is 0.301.